The largest absolute Gasteiger partial charge is 0.369 e. The SMILES string of the molecule is Cc1cccc(N2CCN(CCCCNC(=O)CCn3ncc(=O)c4ccccc43)CC2)c1. The van der Waals surface area contributed by atoms with Crippen molar-refractivity contribution in [1.29, 1.82) is 0 Å². The predicted octanol–water partition coefficient (Wildman–Crippen LogP) is 2.81. The zero-order valence-corrected chi connectivity index (χ0v) is 19.4. The Hall–Kier alpha value is -3.19. The number of hydrogen-bond acceptors (Lipinski definition) is 5. The number of hydrogen-bond donors (Lipinski definition) is 1. The highest BCUT2D eigenvalue weighted by atomic mass is 16.1. The van der Waals surface area contributed by atoms with Gasteiger partial charge in [0.1, 0.15) is 0 Å². The molecule has 0 unspecified atom stereocenters. The molecule has 1 fully saturated rings. The van der Waals surface area contributed by atoms with E-state index in [0.29, 0.717) is 24.9 Å². The van der Waals surface area contributed by atoms with E-state index in [-0.39, 0.29) is 11.3 Å². The number of unbranched alkanes of at least 4 members (excludes halogenated alkanes) is 1. The maximum Gasteiger partial charge on any atom is 0.221 e. The van der Waals surface area contributed by atoms with Gasteiger partial charge in [0, 0.05) is 50.2 Å². The molecule has 7 heteroatoms. The number of aryl methyl sites for hydroxylation is 2. The lowest BCUT2D eigenvalue weighted by atomic mass is 10.2. The second-order valence-electron chi connectivity index (χ2n) is 8.72. The van der Waals surface area contributed by atoms with Gasteiger partial charge in [0.05, 0.1) is 18.3 Å². The second-order valence-corrected chi connectivity index (χ2v) is 8.72. The standard InChI is InChI=1S/C26H33N5O2/c1-21-7-6-8-22(19-21)30-17-15-29(16-18-30)13-5-4-12-27-26(33)11-14-31-24-10-3-2-9-23(24)25(32)20-28-31/h2-3,6-10,19-20H,4-5,11-18H2,1H3,(H,27,33). The van der Waals surface area contributed by atoms with Gasteiger partial charge in [-0.2, -0.15) is 5.10 Å². The first-order valence-corrected chi connectivity index (χ1v) is 11.9. The highest BCUT2D eigenvalue weighted by molar-refractivity contribution is 5.79. The summed E-state index contributed by atoms with van der Waals surface area (Å²) in [6.45, 7) is 8.66. The van der Waals surface area contributed by atoms with Crippen LogP contribution in [0.1, 0.15) is 24.8 Å². The van der Waals surface area contributed by atoms with Crippen molar-refractivity contribution in [2.45, 2.75) is 32.7 Å². The molecule has 0 spiro atoms. The summed E-state index contributed by atoms with van der Waals surface area (Å²) >= 11 is 0. The summed E-state index contributed by atoms with van der Waals surface area (Å²) in [7, 11) is 0. The van der Waals surface area contributed by atoms with Crippen molar-refractivity contribution >= 4 is 22.5 Å². The quantitative estimate of drug-likeness (QED) is 0.511. The van der Waals surface area contributed by atoms with Gasteiger partial charge in [0.2, 0.25) is 11.3 Å². The molecule has 0 aliphatic carbocycles. The van der Waals surface area contributed by atoms with Crippen LogP contribution >= 0.6 is 0 Å². The molecule has 4 rings (SSSR count). The van der Waals surface area contributed by atoms with Crippen LogP contribution in [0.4, 0.5) is 5.69 Å². The molecule has 0 atom stereocenters. The molecule has 1 aromatic heterocycles. The first kappa shape index (κ1) is 23.0. The summed E-state index contributed by atoms with van der Waals surface area (Å²) in [5, 5.41) is 7.83. The lowest BCUT2D eigenvalue weighted by Crippen LogP contribution is -2.46. The minimum Gasteiger partial charge on any atom is -0.369 e. The minimum atomic E-state index is -0.0946. The Labute approximate surface area is 195 Å². The number of piperazine rings is 1. The number of para-hydroxylation sites is 1. The summed E-state index contributed by atoms with van der Waals surface area (Å²) in [6, 6.07) is 16.1. The van der Waals surface area contributed by atoms with Crippen molar-refractivity contribution in [3.63, 3.8) is 0 Å². The van der Waals surface area contributed by atoms with E-state index in [4.69, 9.17) is 0 Å². The van der Waals surface area contributed by atoms with E-state index in [1.807, 2.05) is 18.2 Å². The molecule has 174 valence electrons. The van der Waals surface area contributed by atoms with Gasteiger partial charge in [0.25, 0.3) is 0 Å². The number of carbonyl (C=O) groups is 1. The Balaban J connectivity index is 1.11. The molecule has 7 nitrogen and oxygen atoms in total. The molecular formula is C26H33N5O2. The van der Waals surface area contributed by atoms with Gasteiger partial charge >= 0.3 is 0 Å². The van der Waals surface area contributed by atoms with E-state index in [9.17, 15) is 9.59 Å². The van der Waals surface area contributed by atoms with Crippen LogP contribution in [0, 0.1) is 6.92 Å². The molecule has 1 aliphatic rings. The number of fused-ring (bicyclic) bond motifs is 1. The molecule has 33 heavy (non-hydrogen) atoms. The van der Waals surface area contributed by atoms with Crippen molar-refractivity contribution in [2.24, 2.45) is 0 Å². The molecule has 1 N–H and O–H groups in total. The Morgan fingerprint density at radius 3 is 2.64 bits per heavy atom. The van der Waals surface area contributed by atoms with Crippen LogP contribution in [0.5, 0.6) is 0 Å². The number of amides is 1. The Morgan fingerprint density at radius 1 is 1.00 bits per heavy atom. The average molecular weight is 448 g/mol. The third-order valence-electron chi connectivity index (χ3n) is 6.28. The number of aromatic nitrogens is 2. The summed E-state index contributed by atoms with van der Waals surface area (Å²) < 4.78 is 1.73. The summed E-state index contributed by atoms with van der Waals surface area (Å²) in [6.07, 6.45) is 3.72. The lowest BCUT2D eigenvalue weighted by Gasteiger charge is -2.36. The van der Waals surface area contributed by atoms with Crippen molar-refractivity contribution in [3.8, 4) is 0 Å². The molecule has 1 aliphatic heterocycles. The Morgan fingerprint density at radius 2 is 1.82 bits per heavy atom. The van der Waals surface area contributed by atoms with Gasteiger partial charge in [-0.05, 0) is 56.1 Å². The van der Waals surface area contributed by atoms with Crippen LogP contribution in [-0.2, 0) is 11.3 Å². The van der Waals surface area contributed by atoms with E-state index >= 15 is 0 Å². The fourth-order valence-corrected chi connectivity index (χ4v) is 4.38. The lowest BCUT2D eigenvalue weighted by molar-refractivity contribution is -0.121. The zero-order valence-electron chi connectivity index (χ0n) is 19.4. The van der Waals surface area contributed by atoms with E-state index in [1.54, 1.807) is 10.7 Å². The number of anilines is 1. The first-order valence-electron chi connectivity index (χ1n) is 11.9. The number of rotatable bonds is 9. The Kier molecular flexibility index (Phi) is 7.73. The average Bonchev–Trinajstić information content (AvgIpc) is 2.84. The first-order chi connectivity index (χ1) is 16.1. The van der Waals surface area contributed by atoms with Crippen molar-refractivity contribution in [2.75, 3.05) is 44.2 Å². The Bertz CT molecular complexity index is 1130. The van der Waals surface area contributed by atoms with Crippen LogP contribution < -0.4 is 15.6 Å². The highest BCUT2D eigenvalue weighted by Gasteiger charge is 2.16. The monoisotopic (exact) mass is 447 g/mol. The van der Waals surface area contributed by atoms with Gasteiger partial charge < -0.3 is 10.2 Å². The molecule has 0 saturated carbocycles. The van der Waals surface area contributed by atoms with Crippen LogP contribution in [0.2, 0.25) is 0 Å². The van der Waals surface area contributed by atoms with Gasteiger partial charge in [-0.15, -0.1) is 0 Å². The third kappa shape index (κ3) is 6.20. The fourth-order valence-electron chi connectivity index (χ4n) is 4.38. The van der Waals surface area contributed by atoms with Crippen LogP contribution in [0.15, 0.2) is 59.5 Å². The molecule has 1 saturated heterocycles. The normalized spacial score (nSPS) is 14.5. The van der Waals surface area contributed by atoms with Crippen molar-refractivity contribution in [1.82, 2.24) is 20.0 Å². The highest BCUT2D eigenvalue weighted by Crippen LogP contribution is 2.18. The molecule has 0 radical (unpaired) electrons. The van der Waals surface area contributed by atoms with E-state index in [0.717, 1.165) is 51.1 Å². The molecule has 0 bridgehead atoms. The molecule has 3 aromatic rings. The second kappa shape index (κ2) is 11.1. The topological polar surface area (TPSA) is 70.5 Å². The number of nitrogens with zero attached hydrogens (tertiary/aromatic N) is 4. The maximum absolute atomic E-state index is 12.2. The maximum atomic E-state index is 12.2. The number of carbonyl (C=O) groups excluding carboxylic acids is 1. The molecular weight excluding hydrogens is 414 g/mol. The zero-order chi connectivity index (χ0) is 23.0. The minimum absolute atomic E-state index is 0.0198. The fraction of sp³-hybridized carbons (Fsp3) is 0.423. The predicted molar refractivity (Wildman–Crippen MR) is 133 cm³/mol. The summed E-state index contributed by atoms with van der Waals surface area (Å²) in [4.78, 5) is 29.1. The summed E-state index contributed by atoms with van der Waals surface area (Å²) in [5.41, 5.74) is 3.30. The van der Waals surface area contributed by atoms with Gasteiger partial charge in [-0.3, -0.25) is 19.2 Å². The molecule has 1 amide bonds. The van der Waals surface area contributed by atoms with Crippen LogP contribution in [-0.4, -0.2) is 59.9 Å². The van der Waals surface area contributed by atoms with E-state index < -0.39 is 0 Å². The van der Waals surface area contributed by atoms with Crippen molar-refractivity contribution in [3.05, 3.63) is 70.5 Å². The number of nitrogens with one attached hydrogen (secondary N) is 1. The smallest absolute Gasteiger partial charge is 0.221 e. The molecule has 2 aromatic carbocycles. The van der Waals surface area contributed by atoms with Crippen LogP contribution in [0.25, 0.3) is 10.9 Å². The van der Waals surface area contributed by atoms with E-state index in [2.05, 4.69) is 51.4 Å². The van der Waals surface area contributed by atoms with Gasteiger partial charge in [-0.1, -0.05) is 24.3 Å². The van der Waals surface area contributed by atoms with Crippen molar-refractivity contribution < 1.29 is 4.79 Å². The third-order valence-corrected chi connectivity index (χ3v) is 6.28. The van der Waals surface area contributed by atoms with Gasteiger partial charge in [0.15, 0.2) is 0 Å². The number of benzene rings is 2. The molecule has 2 heterocycles. The summed E-state index contributed by atoms with van der Waals surface area (Å²) in [5.74, 6) is 0.0198. The van der Waals surface area contributed by atoms with Gasteiger partial charge in [-0.25, -0.2) is 0 Å². The van der Waals surface area contributed by atoms with E-state index in [1.165, 1.54) is 17.4 Å². The van der Waals surface area contributed by atoms with Crippen LogP contribution in [0.3, 0.4) is 0 Å².